The number of benzene rings is 2. The molecule has 0 unspecified atom stereocenters. The molecule has 0 fully saturated rings. The summed E-state index contributed by atoms with van der Waals surface area (Å²) in [7, 11) is -3.19. The van der Waals surface area contributed by atoms with E-state index in [4.69, 9.17) is 0 Å². The van der Waals surface area contributed by atoms with Gasteiger partial charge >= 0.3 is 0 Å². The van der Waals surface area contributed by atoms with Crippen LogP contribution in [0, 0.1) is 0 Å². The SMILES string of the molecule is O=[SH](=O)OCCCP(c1ccccc1)c1ccccc1. The van der Waals surface area contributed by atoms with E-state index < -0.39 is 18.9 Å². The van der Waals surface area contributed by atoms with Crippen molar-refractivity contribution in [2.75, 3.05) is 12.8 Å². The summed E-state index contributed by atoms with van der Waals surface area (Å²) in [6, 6.07) is 20.7. The van der Waals surface area contributed by atoms with Gasteiger partial charge in [-0.25, -0.2) is 8.42 Å². The topological polar surface area (TPSA) is 43.4 Å². The molecular formula is C15H17O3PS. The molecule has 0 heterocycles. The van der Waals surface area contributed by atoms with Gasteiger partial charge in [0.2, 0.25) is 0 Å². The Morgan fingerprint density at radius 3 is 1.80 bits per heavy atom. The van der Waals surface area contributed by atoms with Gasteiger partial charge in [-0.1, -0.05) is 60.7 Å². The molecule has 0 aliphatic rings. The minimum absolute atomic E-state index is 0.261. The summed E-state index contributed by atoms with van der Waals surface area (Å²) >= 11 is 0. The molecule has 3 nitrogen and oxygen atoms in total. The lowest BCUT2D eigenvalue weighted by Crippen LogP contribution is -2.14. The van der Waals surface area contributed by atoms with Crippen molar-refractivity contribution in [1.29, 1.82) is 0 Å². The average molecular weight is 308 g/mol. The van der Waals surface area contributed by atoms with Crippen LogP contribution in [0.4, 0.5) is 0 Å². The van der Waals surface area contributed by atoms with Gasteiger partial charge in [0.15, 0.2) is 0 Å². The summed E-state index contributed by atoms with van der Waals surface area (Å²) in [6.07, 6.45) is 1.66. The highest BCUT2D eigenvalue weighted by Gasteiger charge is 2.12. The number of hydrogen-bond donors (Lipinski definition) is 1. The molecule has 0 spiro atoms. The summed E-state index contributed by atoms with van der Waals surface area (Å²) in [5, 5.41) is 2.61. The molecule has 0 N–H and O–H groups in total. The van der Waals surface area contributed by atoms with E-state index in [1.165, 1.54) is 10.6 Å². The standard InChI is InChI=1S/C15H17O3PS/c16-20(17)18-12-7-13-19(14-8-3-1-4-9-14)15-10-5-2-6-11-15/h1-6,8-11,20H,7,12-13H2. The van der Waals surface area contributed by atoms with Crippen LogP contribution in [-0.4, -0.2) is 21.2 Å². The fraction of sp³-hybridized carbons (Fsp3) is 0.200. The second-order valence-corrected chi connectivity index (χ2v) is 7.27. The van der Waals surface area contributed by atoms with Crippen molar-refractivity contribution in [3.05, 3.63) is 60.7 Å². The van der Waals surface area contributed by atoms with Crippen LogP contribution in [0.25, 0.3) is 0 Å². The highest BCUT2D eigenvalue weighted by molar-refractivity contribution is 7.73. The lowest BCUT2D eigenvalue weighted by Gasteiger charge is -2.18. The number of thiol groups is 1. The Morgan fingerprint density at radius 2 is 1.35 bits per heavy atom. The summed E-state index contributed by atoms with van der Waals surface area (Å²) in [4.78, 5) is 0. The maximum absolute atomic E-state index is 10.4. The number of rotatable bonds is 7. The zero-order chi connectivity index (χ0) is 14.2. The van der Waals surface area contributed by atoms with Gasteiger partial charge in [0, 0.05) is 0 Å². The quantitative estimate of drug-likeness (QED) is 0.484. The second-order valence-electron chi connectivity index (χ2n) is 4.23. The lowest BCUT2D eigenvalue weighted by molar-refractivity contribution is 0.334. The lowest BCUT2D eigenvalue weighted by atomic mass is 10.4. The minimum atomic E-state index is -2.73. The predicted molar refractivity (Wildman–Crippen MR) is 84.8 cm³/mol. The Labute approximate surface area is 122 Å². The van der Waals surface area contributed by atoms with Crippen LogP contribution in [0.2, 0.25) is 0 Å². The second kappa shape index (κ2) is 8.15. The van der Waals surface area contributed by atoms with E-state index in [1.807, 2.05) is 36.4 Å². The Bertz CT molecular complexity index is 537. The van der Waals surface area contributed by atoms with E-state index in [1.54, 1.807) is 0 Å². The smallest absolute Gasteiger partial charge is 0.257 e. The van der Waals surface area contributed by atoms with Gasteiger partial charge in [0.25, 0.3) is 11.0 Å². The fourth-order valence-corrected chi connectivity index (χ4v) is 4.59. The van der Waals surface area contributed by atoms with Crippen LogP contribution in [0.15, 0.2) is 60.7 Å². The normalized spacial score (nSPS) is 11.1. The highest BCUT2D eigenvalue weighted by atomic mass is 32.2. The molecule has 0 aromatic heterocycles. The highest BCUT2D eigenvalue weighted by Crippen LogP contribution is 2.33. The molecule has 0 amide bonds. The third kappa shape index (κ3) is 4.71. The van der Waals surface area contributed by atoms with Crippen molar-refractivity contribution in [2.24, 2.45) is 0 Å². The van der Waals surface area contributed by atoms with Crippen molar-refractivity contribution in [3.8, 4) is 0 Å². The molecule has 0 atom stereocenters. The molecular weight excluding hydrogens is 291 g/mol. The predicted octanol–water partition coefficient (Wildman–Crippen LogP) is 2.05. The fourth-order valence-electron chi connectivity index (χ4n) is 1.98. The van der Waals surface area contributed by atoms with Gasteiger partial charge in [0.1, 0.15) is 0 Å². The van der Waals surface area contributed by atoms with Crippen molar-refractivity contribution >= 4 is 29.5 Å². The van der Waals surface area contributed by atoms with Crippen LogP contribution < -0.4 is 10.6 Å². The van der Waals surface area contributed by atoms with Gasteiger partial charge in [-0.3, -0.25) is 4.18 Å². The van der Waals surface area contributed by atoms with Crippen molar-refractivity contribution in [1.82, 2.24) is 0 Å². The van der Waals surface area contributed by atoms with Gasteiger partial charge in [-0.15, -0.1) is 0 Å². The molecule has 5 heteroatoms. The van der Waals surface area contributed by atoms with E-state index in [0.717, 1.165) is 12.6 Å². The molecule has 0 aliphatic carbocycles. The summed E-state index contributed by atoms with van der Waals surface area (Å²) in [5.41, 5.74) is 0. The molecule has 0 saturated heterocycles. The monoisotopic (exact) mass is 308 g/mol. The first-order valence-corrected chi connectivity index (χ1v) is 9.04. The third-order valence-electron chi connectivity index (χ3n) is 2.86. The van der Waals surface area contributed by atoms with Gasteiger partial charge in [-0.2, -0.15) is 0 Å². The largest absolute Gasteiger partial charge is 0.272 e. The molecule has 2 aromatic carbocycles. The molecule has 106 valence electrons. The Hall–Kier alpha value is -1.22. The van der Waals surface area contributed by atoms with Crippen LogP contribution in [-0.2, 0) is 15.2 Å². The van der Waals surface area contributed by atoms with Crippen LogP contribution in [0.5, 0.6) is 0 Å². The summed E-state index contributed by atoms with van der Waals surface area (Å²) < 4.78 is 25.4. The van der Waals surface area contributed by atoms with E-state index in [9.17, 15) is 8.42 Å². The molecule has 2 rings (SSSR count). The van der Waals surface area contributed by atoms with Crippen molar-refractivity contribution in [3.63, 3.8) is 0 Å². The average Bonchev–Trinajstić information content (AvgIpc) is 2.49. The van der Waals surface area contributed by atoms with Crippen LogP contribution >= 0.6 is 7.92 Å². The van der Waals surface area contributed by atoms with E-state index in [-0.39, 0.29) is 6.61 Å². The first-order chi connectivity index (χ1) is 9.77. The van der Waals surface area contributed by atoms with E-state index in [2.05, 4.69) is 28.4 Å². The minimum Gasteiger partial charge on any atom is -0.272 e. The first kappa shape index (κ1) is 15.2. The van der Waals surface area contributed by atoms with Crippen molar-refractivity contribution in [2.45, 2.75) is 6.42 Å². The molecule has 20 heavy (non-hydrogen) atoms. The summed E-state index contributed by atoms with van der Waals surface area (Å²) in [6.45, 7) is 0.261. The molecule has 0 saturated carbocycles. The van der Waals surface area contributed by atoms with Crippen LogP contribution in [0.3, 0.4) is 0 Å². The molecule has 0 aliphatic heterocycles. The Kier molecular flexibility index (Phi) is 6.19. The van der Waals surface area contributed by atoms with E-state index >= 15 is 0 Å². The Morgan fingerprint density at radius 1 is 0.850 bits per heavy atom. The molecule has 2 aromatic rings. The van der Waals surface area contributed by atoms with E-state index in [0.29, 0.717) is 0 Å². The summed E-state index contributed by atoms with van der Waals surface area (Å²) in [5.74, 6) is 0. The van der Waals surface area contributed by atoms with Gasteiger partial charge < -0.3 is 0 Å². The maximum atomic E-state index is 10.4. The molecule has 0 bridgehead atoms. The first-order valence-electron chi connectivity index (χ1n) is 6.42. The van der Waals surface area contributed by atoms with Crippen molar-refractivity contribution < 1.29 is 12.6 Å². The van der Waals surface area contributed by atoms with Gasteiger partial charge in [0.05, 0.1) is 6.61 Å². The third-order valence-corrected chi connectivity index (χ3v) is 5.86. The van der Waals surface area contributed by atoms with Crippen LogP contribution in [0.1, 0.15) is 6.42 Å². The zero-order valence-corrected chi connectivity index (χ0v) is 12.8. The number of hydrogen-bond acceptors (Lipinski definition) is 3. The maximum Gasteiger partial charge on any atom is 0.257 e. The van der Waals surface area contributed by atoms with Gasteiger partial charge in [-0.05, 0) is 31.1 Å². The molecule has 0 radical (unpaired) electrons. The Balaban J connectivity index is 2.09. The zero-order valence-electron chi connectivity index (χ0n) is 11.0.